The van der Waals surface area contributed by atoms with Crippen molar-refractivity contribution < 1.29 is 61.9 Å². The number of nitriles is 1. The van der Waals surface area contributed by atoms with Crippen LogP contribution in [0.4, 0.5) is 0 Å². The van der Waals surface area contributed by atoms with Crippen LogP contribution in [0.1, 0.15) is 73.6 Å². The van der Waals surface area contributed by atoms with Gasteiger partial charge in [-0.2, -0.15) is 5.26 Å². The number of hydrogen-bond donors (Lipinski definition) is 3. The summed E-state index contributed by atoms with van der Waals surface area (Å²) in [5, 5.41) is 17.6. The molecular weight excluding hydrogens is 757 g/mol. The topological polar surface area (TPSA) is 227 Å². The summed E-state index contributed by atoms with van der Waals surface area (Å²) in [5.74, 6) is -2.40. The highest BCUT2D eigenvalue weighted by Crippen LogP contribution is 2.34. The second kappa shape index (κ2) is 26.7. The minimum atomic E-state index is -1.48. The molecule has 0 spiro atoms. The van der Waals surface area contributed by atoms with Crippen LogP contribution in [0.3, 0.4) is 0 Å². The van der Waals surface area contributed by atoms with Gasteiger partial charge in [-0.15, -0.1) is 11.8 Å². The van der Waals surface area contributed by atoms with Gasteiger partial charge >= 0.3 is 17.9 Å². The van der Waals surface area contributed by atoms with Gasteiger partial charge in [0.15, 0.2) is 12.4 Å². The molecule has 0 aromatic carbocycles. The lowest BCUT2D eigenvalue weighted by Crippen LogP contribution is -2.66. The van der Waals surface area contributed by atoms with Crippen LogP contribution in [0.15, 0.2) is 0 Å². The van der Waals surface area contributed by atoms with Crippen molar-refractivity contribution in [1.29, 1.82) is 5.26 Å². The standard InChI is InChI=1S/C33H52N4O13S3/c1-7-52-32(51)53-33(6,20-34)12-11-25(42)36-14-16-44-17-18-45-19-26(43)35-13-9-8-10-15-46-30-27(37-21(2)38)28(47-22(3)39)29(48-23(4)40)31(50-30)49-24(5)41/h27-31H,7-19H2,1-6H3,(H,35,43)(H,36,42)(H,37,38)/t27-,28-,29-,30-,31+,33?/m1/s1. The maximum absolute atomic E-state index is 12.2. The Morgan fingerprint density at radius 3 is 2.08 bits per heavy atom. The molecule has 1 unspecified atom stereocenters. The summed E-state index contributed by atoms with van der Waals surface area (Å²) in [4.78, 5) is 71.7. The number of nitrogens with zero attached hydrogens (tertiary/aromatic N) is 1. The highest BCUT2D eigenvalue weighted by atomic mass is 32.2. The average molecular weight is 809 g/mol. The zero-order valence-electron chi connectivity index (χ0n) is 31.1. The van der Waals surface area contributed by atoms with Crippen molar-refractivity contribution in [2.75, 3.05) is 51.9 Å². The third-order valence-electron chi connectivity index (χ3n) is 7.00. The summed E-state index contributed by atoms with van der Waals surface area (Å²) in [6.07, 6.45) is -3.03. The lowest BCUT2D eigenvalue weighted by atomic mass is 10.00. The Balaban J connectivity index is 2.31. The molecule has 0 radical (unpaired) electrons. The monoisotopic (exact) mass is 808 g/mol. The van der Waals surface area contributed by atoms with E-state index < -0.39 is 59.4 Å². The van der Waals surface area contributed by atoms with Gasteiger partial charge in [-0.1, -0.05) is 30.9 Å². The van der Waals surface area contributed by atoms with Crippen LogP contribution in [-0.2, 0) is 61.9 Å². The van der Waals surface area contributed by atoms with Crippen LogP contribution >= 0.6 is 35.7 Å². The van der Waals surface area contributed by atoms with E-state index in [0.717, 1.165) is 26.5 Å². The summed E-state index contributed by atoms with van der Waals surface area (Å²) in [7, 11) is 0. The smallest absolute Gasteiger partial charge is 0.305 e. The van der Waals surface area contributed by atoms with Crippen molar-refractivity contribution in [3.63, 3.8) is 0 Å². The predicted octanol–water partition coefficient (Wildman–Crippen LogP) is 1.89. The fourth-order valence-electron chi connectivity index (χ4n) is 4.67. The number of carbonyl (C=O) groups excluding carboxylic acids is 6. The maximum atomic E-state index is 12.2. The SMILES string of the molecule is CCSC(=S)SC(C)(C#N)CCC(=O)NCCOCCOCC(=O)NCCCCCO[C@@H]1O[C@H](OC(C)=O)[C@H](OC(C)=O)[C@H](OC(C)=O)[C@H]1NC(C)=O. The summed E-state index contributed by atoms with van der Waals surface area (Å²) < 4.78 is 38.1. The molecule has 1 fully saturated rings. The lowest BCUT2D eigenvalue weighted by Gasteiger charge is -2.44. The van der Waals surface area contributed by atoms with E-state index in [1.54, 1.807) is 6.92 Å². The van der Waals surface area contributed by atoms with Gasteiger partial charge in [0.25, 0.3) is 0 Å². The van der Waals surface area contributed by atoms with Crippen molar-refractivity contribution in [3.8, 4) is 6.07 Å². The third kappa shape index (κ3) is 21.4. The molecule has 1 aliphatic rings. The Morgan fingerprint density at radius 1 is 0.811 bits per heavy atom. The second-order valence-corrected chi connectivity index (χ2v) is 15.8. The molecule has 3 amide bonds. The van der Waals surface area contributed by atoms with Crippen LogP contribution in [0.25, 0.3) is 0 Å². The van der Waals surface area contributed by atoms with Crippen molar-refractivity contribution in [2.24, 2.45) is 0 Å². The normalized spacial score (nSPS) is 20.5. The number of nitrogens with one attached hydrogen (secondary N) is 3. The molecule has 1 heterocycles. The summed E-state index contributed by atoms with van der Waals surface area (Å²) in [6.45, 7) is 9.73. The Labute approximate surface area is 324 Å². The van der Waals surface area contributed by atoms with Gasteiger partial charge in [-0.05, 0) is 38.4 Å². The summed E-state index contributed by atoms with van der Waals surface area (Å²) in [5.41, 5.74) is 0. The molecule has 0 saturated carbocycles. The molecule has 1 rings (SSSR count). The van der Waals surface area contributed by atoms with Gasteiger partial charge in [0.2, 0.25) is 30.1 Å². The molecule has 17 nitrogen and oxygen atoms in total. The van der Waals surface area contributed by atoms with Gasteiger partial charge in [-0.3, -0.25) is 28.8 Å². The van der Waals surface area contributed by atoms with E-state index in [0.29, 0.717) is 42.3 Å². The molecule has 0 aromatic rings. The fourth-order valence-corrected chi connectivity index (χ4v) is 7.57. The second-order valence-electron chi connectivity index (χ2n) is 11.8. The van der Waals surface area contributed by atoms with Gasteiger partial charge in [0.05, 0.1) is 25.9 Å². The van der Waals surface area contributed by atoms with E-state index >= 15 is 0 Å². The Bertz CT molecular complexity index is 1270. The van der Waals surface area contributed by atoms with Crippen molar-refractivity contribution in [3.05, 3.63) is 0 Å². The minimum Gasteiger partial charge on any atom is -0.456 e. The molecule has 1 aliphatic heterocycles. The van der Waals surface area contributed by atoms with Gasteiger partial charge in [-0.25, -0.2) is 0 Å². The molecule has 20 heteroatoms. The van der Waals surface area contributed by atoms with Crippen molar-refractivity contribution in [1.82, 2.24) is 16.0 Å². The Kier molecular flexibility index (Phi) is 24.1. The quantitative estimate of drug-likeness (QED) is 0.0548. The third-order valence-corrected chi connectivity index (χ3v) is 9.64. The molecular formula is C33H52N4O13S3. The van der Waals surface area contributed by atoms with E-state index in [-0.39, 0.29) is 51.3 Å². The first-order chi connectivity index (χ1) is 25.1. The van der Waals surface area contributed by atoms with Gasteiger partial charge < -0.3 is 49.1 Å². The minimum absolute atomic E-state index is 0.132. The zero-order chi connectivity index (χ0) is 39.8. The van der Waals surface area contributed by atoms with E-state index in [4.69, 9.17) is 45.4 Å². The van der Waals surface area contributed by atoms with E-state index in [1.165, 1.54) is 30.4 Å². The molecule has 3 N–H and O–H groups in total. The van der Waals surface area contributed by atoms with E-state index in [2.05, 4.69) is 22.0 Å². The van der Waals surface area contributed by atoms with Crippen LogP contribution in [0.2, 0.25) is 0 Å². The van der Waals surface area contributed by atoms with Crippen LogP contribution < -0.4 is 16.0 Å². The summed E-state index contributed by atoms with van der Waals surface area (Å²) in [6, 6.07) is 1.15. The number of rotatable bonds is 24. The molecule has 0 aliphatic carbocycles. The number of thioether (sulfide) groups is 2. The number of esters is 3. The number of ether oxygens (including phenoxy) is 7. The highest BCUT2D eigenvalue weighted by molar-refractivity contribution is 8.47. The number of thiocarbonyl (C=S) groups is 1. The molecule has 1 saturated heterocycles. The number of unbranched alkanes of at least 4 members (excludes halogenated alkanes) is 2. The van der Waals surface area contributed by atoms with Gasteiger partial charge in [0, 0.05) is 53.8 Å². The van der Waals surface area contributed by atoms with Gasteiger partial charge in [0.1, 0.15) is 20.9 Å². The first-order valence-corrected chi connectivity index (χ1v) is 19.3. The van der Waals surface area contributed by atoms with Crippen LogP contribution in [0, 0.1) is 11.3 Å². The van der Waals surface area contributed by atoms with Crippen LogP contribution in [-0.4, -0.2) is 127 Å². The maximum Gasteiger partial charge on any atom is 0.305 e. The van der Waals surface area contributed by atoms with Crippen molar-refractivity contribution >= 4 is 74.9 Å². The summed E-state index contributed by atoms with van der Waals surface area (Å²) >= 11 is 8.08. The fraction of sp³-hybridized carbons (Fsp3) is 0.758. The Morgan fingerprint density at radius 2 is 1.45 bits per heavy atom. The Hall–Kier alpha value is -3.06. The number of amides is 3. The predicted molar refractivity (Wildman–Crippen MR) is 198 cm³/mol. The molecule has 6 atom stereocenters. The molecule has 0 aromatic heterocycles. The first-order valence-electron chi connectivity index (χ1n) is 17.1. The van der Waals surface area contributed by atoms with E-state index in [9.17, 15) is 34.0 Å². The largest absolute Gasteiger partial charge is 0.456 e. The molecule has 300 valence electrons. The zero-order valence-corrected chi connectivity index (χ0v) is 33.5. The van der Waals surface area contributed by atoms with Crippen LogP contribution in [0.5, 0.6) is 0 Å². The number of hydrogen-bond acceptors (Lipinski definition) is 17. The first kappa shape index (κ1) is 48.0. The highest BCUT2D eigenvalue weighted by Gasteiger charge is 2.52. The van der Waals surface area contributed by atoms with E-state index in [1.807, 2.05) is 6.92 Å². The molecule has 53 heavy (non-hydrogen) atoms. The number of carbonyl (C=O) groups is 6. The molecule has 0 bridgehead atoms. The average Bonchev–Trinajstić information content (AvgIpc) is 3.06. The lowest BCUT2D eigenvalue weighted by molar-refractivity contribution is -0.321. The van der Waals surface area contributed by atoms with Crippen molar-refractivity contribution in [2.45, 2.75) is 109 Å².